The van der Waals surface area contributed by atoms with Gasteiger partial charge in [0.1, 0.15) is 6.26 Å². The number of piperidine rings is 1. The van der Waals surface area contributed by atoms with E-state index in [1.54, 1.807) is 15.9 Å². The number of hydrogen-bond donors (Lipinski definition) is 0. The van der Waals surface area contributed by atoms with Gasteiger partial charge in [-0.05, 0) is 25.3 Å². The molecule has 1 aromatic rings. The monoisotopic (exact) mass is 387 g/mol. The van der Waals surface area contributed by atoms with E-state index in [1.807, 2.05) is 0 Å². The van der Waals surface area contributed by atoms with Gasteiger partial charge in [0, 0.05) is 45.2 Å². The third-order valence-corrected chi connectivity index (χ3v) is 5.20. The van der Waals surface area contributed by atoms with Crippen molar-refractivity contribution < 1.29 is 27.2 Å². The van der Waals surface area contributed by atoms with E-state index >= 15 is 0 Å². The fraction of sp³-hybridized carbons (Fsp3) is 0.667. The minimum Gasteiger partial charge on any atom is -0.472 e. The fourth-order valence-electron chi connectivity index (χ4n) is 3.76. The van der Waals surface area contributed by atoms with Gasteiger partial charge in [-0.1, -0.05) is 0 Å². The van der Waals surface area contributed by atoms with Gasteiger partial charge in [0.15, 0.2) is 0 Å². The van der Waals surface area contributed by atoms with Crippen LogP contribution in [0.15, 0.2) is 23.0 Å². The number of nitrogens with zero attached hydrogens (tertiary/aromatic N) is 3. The molecule has 0 aromatic carbocycles. The molecule has 0 aliphatic carbocycles. The van der Waals surface area contributed by atoms with Crippen LogP contribution in [0.2, 0.25) is 0 Å². The maximum absolute atomic E-state index is 12.8. The zero-order valence-electron chi connectivity index (χ0n) is 15.1. The van der Waals surface area contributed by atoms with E-state index in [0.29, 0.717) is 57.5 Å². The Morgan fingerprint density at radius 2 is 1.78 bits per heavy atom. The van der Waals surface area contributed by atoms with Crippen LogP contribution >= 0.6 is 0 Å². The summed E-state index contributed by atoms with van der Waals surface area (Å²) in [4.78, 5) is 29.8. The van der Waals surface area contributed by atoms with Crippen LogP contribution in [0, 0.1) is 5.92 Å². The molecule has 27 heavy (non-hydrogen) atoms. The lowest BCUT2D eigenvalue weighted by atomic mass is 9.94. The van der Waals surface area contributed by atoms with Crippen molar-refractivity contribution in [3.8, 4) is 0 Å². The molecule has 2 aliphatic heterocycles. The summed E-state index contributed by atoms with van der Waals surface area (Å²) >= 11 is 0. The second-order valence-corrected chi connectivity index (χ2v) is 7.15. The topological polar surface area (TPSA) is 57.0 Å². The van der Waals surface area contributed by atoms with Gasteiger partial charge in [-0.15, -0.1) is 0 Å². The van der Waals surface area contributed by atoms with E-state index in [9.17, 15) is 22.8 Å². The summed E-state index contributed by atoms with van der Waals surface area (Å²) in [7, 11) is 0. The highest BCUT2D eigenvalue weighted by Gasteiger charge is 2.34. The molecule has 6 nitrogen and oxygen atoms in total. The van der Waals surface area contributed by atoms with E-state index in [4.69, 9.17) is 4.42 Å². The molecule has 3 heterocycles. The third-order valence-electron chi connectivity index (χ3n) is 5.20. The van der Waals surface area contributed by atoms with Crippen molar-refractivity contribution in [1.29, 1.82) is 0 Å². The highest BCUT2D eigenvalue weighted by atomic mass is 19.4. The van der Waals surface area contributed by atoms with Gasteiger partial charge >= 0.3 is 6.18 Å². The zero-order valence-corrected chi connectivity index (χ0v) is 15.1. The molecule has 0 saturated carbocycles. The molecule has 2 fully saturated rings. The summed E-state index contributed by atoms with van der Waals surface area (Å²) in [6.07, 6.45) is 0.331. The maximum Gasteiger partial charge on any atom is 0.401 e. The summed E-state index contributed by atoms with van der Waals surface area (Å²) in [6, 6.07) is 1.61. The van der Waals surface area contributed by atoms with Gasteiger partial charge in [-0.2, -0.15) is 13.2 Å². The maximum atomic E-state index is 12.8. The lowest BCUT2D eigenvalue weighted by molar-refractivity contribution is -0.145. The molecular formula is C18H24F3N3O3. The molecule has 150 valence electrons. The Bertz CT molecular complexity index is 640. The van der Waals surface area contributed by atoms with Crippen molar-refractivity contribution in [2.24, 2.45) is 5.92 Å². The molecule has 0 bridgehead atoms. The SMILES string of the molecule is O=C(c1ccoc1)N1CCC(C(=O)N2CCCN(CC(F)(F)F)CC2)CC1. The smallest absolute Gasteiger partial charge is 0.401 e. The van der Waals surface area contributed by atoms with Crippen LogP contribution in [-0.4, -0.2) is 78.5 Å². The minimum absolute atomic E-state index is 0.000677. The number of carbonyl (C=O) groups excluding carboxylic acids is 2. The molecule has 2 aliphatic rings. The predicted molar refractivity (Wildman–Crippen MR) is 91.0 cm³/mol. The van der Waals surface area contributed by atoms with E-state index in [0.717, 1.165) is 0 Å². The first-order valence-corrected chi connectivity index (χ1v) is 9.23. The fourth-order valence-corrected chi connectivity index (χ4v) is 3.76. The van der Waals surface area contributed by atoms with Crippen molar-refractivity contribution >= 4 is 11.8 Å². The quantitative estimate of drug-likeness (QED) is 0.798. The first-order valence-electron chi connectivity index (χ1n) is 9.23. The molecule has 1 aromatic heterocycles. The predicted octanol–water partition coefficient (Wildman–Crippen LogP) is 2.23. The average Bonchev–Trinajstić information content (AvgIpc) is 3.07. The van der Waals surface area contributed by atoms with Crippen molar-refractivity contribution in [2.45, 2.75) is 25.4 Å². The highest BCUT2D eigenvalue weighted by Crippen LogP contribution is 2.23. The number of furan rings is 1. The van der Waals surface area contributed by atoms with Gasteiger partial charge in [0.05, 0.1) is 18.4 Å². The molecule has 0 radical (unpaired) electrons. The first kappa shape index (κ1) is 19.7. The molecule has 2 saturated heterocycles. The van der Waals surface area contributed by atoms with Crippen LogP contribution in [0.4, 0.5) is 13.2 Å². The first-order chi connectivity index (χ1) is 12.8. The molecule has 0 atom stereocenters. The van der Waals surface area contributed by atoms with Gasteiger partial charge in [-0.25, -0.2) is 0 Å². The molecule has 2 amide bonds. The van der Waals surface area contributed by atoms with Crippen LogP contribution in [0.25, 0.3) is 0 Å². The molecule has 0 N–H and O–H groups in total. The Labute approximate surface area is 155 Å². The van der Waals surface area contributed by atoms with Gasteiger partial charge < -0.3 is 14.2 Å². The summed E-state index contributed by atoms with van der Waals surface area (Å²) in [5, 5.41) is 0. The lowest BCUT2D eigenvalue weighted by Gasteiger charge is -2.34. The number of halogens is 3. The molecular weight excluding hydrogens is 363 g/mol. The molecule has 0 spiro atoms. The van der Waals surface area contributed by atoms with Crippen LogP contribution in [-0.2, 0) is 4.79 Å². The molecule has 9 heteroatoms. The van der Waals surface area contributed by atoms with Crippen LogP contribution in [0.5, 0.6) is 0 Å². The van der Waals surface area contributed by atoms with E-state index < -0.39 is 12.7 Å². The zero-order chi connectivity index (χ0) is 19.4. The standard InChI is InChI=1S/C18H24F3N3O3/c19-18(20,21)13-22-5-1-6-23(10-9-22)16(25)14-2-7-24(8-3-14)17(26)15-4-11-27-12-15/h4,11-12,14H,1-3,5-10,13H2. The van der Waals surface area contributed by atoms with E-state index in [-0.39, 0.29) is 24.3 Å². The summed E-state index contributed by atoms with van der Waals surface area (Å²) in [5.74, 6) is -0.279. The second kappa shape index (κ2) is 8.33. The number of rotatable bonds is 3. The Hall–Kier alpha value is -2.03. The van der Waals surface area contributed by atoms with E-state index in [1.165, 1.54) is 17.4 Å². The number of hydrogen-bond acceptors (Lipinski definition) is 4. The van der Waals surface area contributed by atoms with Crippen LogP contribution < -0.4 is 0 Å². The van der Waals surface area contributed by atoms with Crippen molar-refractivity contribution in [1.82, 2.24) is 14.7 Å². The lowest BCUT2D eigenvalue weighted by Crippen LogP contribution is -2.45. The second-order valence-electron chi connectivity index (χ2n) is 7.15. The molecule has 0 unspecified atom stereocenters. The normalized spacial score (nSPS) is 20.6. The summed E-state index contributed by atoms with van der Waals surface area (Å²) in [6.45, 7) is 1.46. The molecule has 3 rings (SSSR count). The summed E-state index contributed by atoms with van der Waals surface area (Å²) < 4.78 is 42.6. The Morgan fingerprint density at radius 1 is 1.04 bits per heavy atom. The Balaban J connectivity index is 1.48. The minimum atomic E-state index is -4.21. The number of alkyl halides is 3. The largest absolute Gasteiger partial charge is 0.472 e. The highest BCUT2D eigenvalue weighted by molar-refractivity contribution is 5.94. The van der Waals surface area contributed by atoms with Gasteiger partial charge in [-0.3, -0.25) is 14.5 Å². The van der Waals surface area contributed by atoms with Crippen LogP contribution in [0.3, 0.4) is 0 Å². The van der Waals surface area contributed by atoms with Gasteiger partial charge in [0.25, 0.3) is 5.91 Å². The van der Waals surface area contributed by atoms with Crippen molar-refractivity contribution in [3.05, 3.63) is 24.2 Å². The number of likely N-dealkylation sites (tertiary alicyclic amines) is 1. The Kier molecular flexibility index (Phi) is 6.08. The third kappa shape index (κ3) is 5.24. The number of amides is 2. The Morgan fingerprint density at radius 3 is 2.41 bits per heavy atom. The van der Waals surface area contributed by atoms with Crippen LogP contribution in [0.1, 0.15) is 29.6 Å². The van der Waals surface area contributed by atoms with Gasteiger partial charge in [0.2, 0.25) is 5.91 Å². The van der Waals surface area contributed by atoms with E-state index in [2.05, 4.69) is 0 Å². The average molecular weight is 387 g/mol. The summed E-state index contributed by atoms with van der Waals surface area (Å²) in [5.41, 5.74) is 0.497. The van der Waals surface area contributed by atoms with Crippen molar-refractivity contribution in [3.63, 3.8) is 0 Å². The number of carbonyl (C=O) groups is 2. The van der Waals surface area contributed by atoms with Crippen molar-refractivity contribution in [2.75, 3.05) is 45.8 Å².